The average Bonchev–Trinajstić information content (AvgIpc) is 2.02. The Bertz CT molecular complexity index is 119. The maximum absolute atomic E-state index is 9.93. The Hall–Kier alpha value is -0.100. The Labute approximate surface area is 69.2 Å². The Morgan fingerprint density at radius 2 is 2.00 bits per heavy atom. The van der Waals surface area contributed by atoms with Crippen LogP contribution in [0.5, 0.6) is 0 Å². The first-order valence-corrected chi connectivity index (χ1v) is 4.51. The molecular weight excluding hydrogens is 168 g/mol. The number of aldehydes is 1. The lowest BCUT2D eigenvalue weighted by Crippen LogP contribution is -2.39. The highest BCUT2D eigenvalue weighted by Gasteiger charge is 2.23. The zero-order valence-electron chi connectivity index (χ0n) is 6.17. The van der Waals surface area contributed by atoms with Gasteiger partial charge in [-0.15, -0.1) is 0 Å². The second kappa shape index (κ2) is 5.54. The molecule has 0 saturated heterocycles. The predicted octanol–water partition coefficient (Wildman–Crippen LogP) is -1.37. The Balaban J connectivity index is 3.79. The van der Waals surface area contributed by atoms with E-state index in [9.17, 15) is 4.79 Å². The van der Waals surface area contributed by atoms with E-state index >= 15 is 0 Å². The highest BCUT2D eigenvalue weighted by Crippen LogP contribution is 2.04. The molecule has 0 aromatic carbocycles. The fraction of sp³-hybridized carbons (Fsp3) is 0.833. The molecule has 0 aromatic rings. The Morgan fingerprint density at radius 3 is 2.36 bits per heavy atom. The minimum Gasteiger partial charge on any atom is -0.389 e. The first-order chi connectivity index (χ1) is 5.13. The van der Waals surface area contributed by atoms with Crippen molar-refractivity contribution >= 4 is 18.0 Å². The van der Waals surface area contributed by atoms with Gasteiger partial charge in [0.05, 0.1) is 6.10 Å². The molecule has 3 unspecified atom stereocenters. The molecule has 0 bridgehead atoms. The van der Waals surface area contributed by atoms with E-state index < -0.39 is 18.3 Å². The van der Waals surface area contributed by atoms with Crippen molar-refractivity contribution in [1.82, 2.24) is 0 Å². The standard InChI is InChI=1S/C6H12O4S/c1-11-3-5(9)6(10)4(8)2-7/h2,4-6,8-10H,3H2,1H3. The van der Waals surface area contributed by atoms with Crippen LogP contribution in [0.1, 0.15) is 0 Å². The maximum Gasteiger partial charge on any atom is 0.151 e. The van der Waals surface area contributed by atoms with Crippen LogP contribution in [0.15, 0.2) is 0 Å². The van der Waals surface area contributed by atoms with Crippen molar-refractivity contribution in [2.45, 2.75) is 18.3 Å². The van der Waals surface area contributed by atoms with Crippen molar-refractivity contribution in [3.05, 3.63) is 0 Å². The number of hydrogen-bond acceptors (Lipinski definition) is 5. The first kappa shape index (κ1) is 10.9. The average molecular weight is 180 g/mol. The number of rotatable bonds is 5. The van der Waals surface area contributed by atoms with Crippen LogP contribution in [0.3, 0.4) is 0 Å². The summed E-state index contributed by atoms with van der Waals surface area (Å²) in [7, 11) is 0. The van der Waals surface area contributed by atoms with Crippen LogP contribution in [0.25, 0.3) is 0 Å². The van der Waals surface area contributed by atoms with E-state index in [4.69, 9.17) is 15.3 Å². The SMILES string of the molecule is CSCC(O)C(O)C(O)C=O. The van der Waals surface area contributed by atoms with Gasteiger partial charge in [-0.2, -0.15) is 11.8 Å². The number of carbonyl (C=O) groups excluding carboxylic acids is 1. The minimum atomic E-state index is -1.49. The summed E-state index contributed by atoms with van der Waals surface area (Å²) in [5.74, 6) is 0.298. The third kappa shape index (κ3) is 3.71. The third-order valence-corrected chi connectivity index (χ3v) is 1.90. The van der Waals surface area contributed by atoms with Gasteiger partial charge in [0.1, 0.15) is 12.2 Å². The molecule has 3 N–H and O–H groups in total. The van der Waals surface area contributed by atoms with Crippen LogP contribution >= 0.6 is 11.8 Å². The fourth-order valence-corrected chi connectivity index (χ4v) is 1.12. The van der Waals surface area contributed by atoms with E-state index in [1.165, 1.54) is 11.8 Å². The van der Waals surface area contributed by atoms with Gasteiger partial charge in [0, 0.05) is 5.75 Å². The van der Waals surface area contributed by atoms with E-state index in [1.807, 2.05) is 0 Å². The number of hydrogen-bond donors (Lipinski definition) is 3. The van der Waals surface area contributed by atoms with Gasteiger partial charge in [-0.05, 0) is 6.26 Å². The lowest BCUT2D eigenvalue weighted by Gasteiger charge is -2.17. The van der Waals surface area contributed by atoms with Crippen LogP contribution in [-0.2, 0) is 4.79 Å². The van der Waals surface area contributed by atoms with Crippen LogP contribution in [0.2, 0.25) is 0 Å². The summed E-state index contributed by atoms with van der Waals surface area (Å²) >= 11 is 1.33. The summed E-state index contributed by atoms with van der Waals surface area (Å²) < 4.78 is 0. The van der Waals surface area contributed by atoms with Gasteiger partial charge in [-0.1, -0.05) is 0 Å². The monoisotopic (exact) mass is 180 g/mol. The Kier molecular flexibility index (Phi) is 5.49. The van der Waals surface area contributed by atoms with E-state index in [0.29, 0.717) is 5.75 Å². The largest absolute Gasteiger partial charge is 0.389 e. The van der Waals surface area contributed by atoms with Crippen molar-refractivity contribution < 1.29 is 20.1 Å². The van der Waals surface area contributed by atoms with Crippen molar-refractivity contribution in [2.24, 2.45) is 0 Å². The molecule has 0 heterocycles. The summed E-state index contributed by atoms with van der Waals surface area (Å²) in [5, 5.41) is 26.7. The number of carbonyl (C=O) groups is 1. The van der Waals surface area contributed by atoms with Crippen LogP contribution in [-0.4, -0.2) is 51.9 Å². The van der Waals surface area contributed by atoms with Crippen LogP contribution in [0, 0.1) is 0 Å². The zero-order chi connectivity index (χ0) is 8.85. The molecule has 4 nitrogen and oxygen atoms in total. The van der Waals surface area contributed by atoms with Crippen molar-refractivity contribution in [1.29, 1.82) is 0 Å². The van der Waals surface area contributed by atoms with Gasteiger partial charge in [0.2, 0.25) is 0 Å². The van der Waals surface area contributed by atoms with Gasteiger partial charge >= 0.3 is 0 Å². The van der Waals surface area contributed by atoms with Crippen molar-refractivity contribution in [3.8, 4) is 0 Å². The van der Waals surface area contributed by atoms with Gasteiger partial charge in [-0.25, -0.2) is 0 Å². The van der Waals surface area contributed by atoms with Crippen LogP contribution in [0.4, 0.5) is 0 Å². The van der Waals surface area contributed by atoms with Crippen LogP contribution < -0.4 is 0 Å². The molecular formula is C6H12O4S. The second-order valence-electron chi connectivity index (χ2n) is 2.14. The third-order valence-electron chi connectivity index (χ3n) is 1.22. The topological polar surface area (TPSA) is 77.8 Å². The fourth-order valence-electron chi connectivity index (χ4n) is 0.577. The van der Waals surface area contributed by atoms with E-state index in [2.05, 4.69) is 0 Å². The molecule has 0 aliphatic heterocycles. The predicted molar refractivity (Wildman–Crippen MR) is 42.5 cm³/mol. The summed E-state index contributed by atoms with van der Waals surface area (Å²) in [6.45, 7) is 0. The molecule has 0 aliphatic rings. The molecule has 0 radical (unpaired) electrons. The maximum atomic E-state index is 9.93. The minimum absolute atomic E-state index is 0.203. The Morgan fingerprint density at radius 1 is 1.45 bits per heavy atom. The lowest BCUT2D eigenvalue weighted by molar-refractivity contribution is -0.124. The van der Waals surface area contributed by atoms with Gasteiger partial charge < -0.3 is 20.1 Å². The molecule has 3 atom stereocenters. The van der Waals surface area contributed by atoms with Gasteiger partial charge in [-0.3, -0.25) is 0 Å². The summed E-state index contributed by atoms with van der Waals surface area (Å²) in [4.78, 5) is 9.93. The highest BCUT2D eigenvalue weighted by molar-refractivity contribution is 7.98. The van der Waals surface area contributed by atoms with Crippen molar-refractivity contribution in [3.63, 3.8) is 0 Å². The zero-order valence-corrected chi connectivity index (χ0v) is 6.99. The molecule has 11 heavy (non-hydrogen) atoms. The van der Waals surface area contributed by atoms with E-state index in [-0.39, 0.29) is 6.29 Å². The normalized spacial score (nSPS) is 18.9. The van der Waals surface area contributed by atoms with Crippen molar-refractivity contribution in [2.75, 3.05) is 12.0 Å². The summed E-state index contributed by atoms with van der Waals surface area (Å²) in [5.41, 5.74) is 0. The second-order valence-corrected chi connectivity index (χ2v) is 3.05. The molecule has 0 fully saturated rings. The van der Waals surface area contributed by atoms with E-state index in [1.54, 1.807) is 6.26 Å². The first-order valence-electron chi connectivity index (χ1n) is 3.12. The smallest absolute Gasteiger partial charge is 0.151 e. The molecule has 66 valence electrons. The number of aliphatic hydroxyl groups is 3. The molecule has 0 rings (SSSR count). The summed E-state index contributed by atoms with van der Waals surface area (Å²) in [6.07, 6.45) is -1.96. The summed E-state index contributed by atoms with van der Waals surface area (Å²) in [6, 6.07) is 0. The molecule has 0 aromatic heterocycles. The quantitative estimate of drug-likeness (QED) is 0.455. The molecule has 5 heteroatoms. The number of thioether (sulfide) groups is 1. The molecule has 0 aliphatic carbocycles. The molecule has 0 saturated carbocycles. The lowest BCUT2D eigenvalue weighted by atomic mass is 10.1. The van der Waals surface area contributed by atoms with E-state index in [0.717, 1.165) is 0 Å². The molecule has 0 spiro atoms. The van der Waals surface area contributed by atoms with Gasteiger partial charge in [0.15, 0.2) is 6.29 Å². The molecule has 0 amide bonds. The number of aliphatic hydroxyl groups excluding tert-OH is 3. The van der Waals surface area contributed by atoms with Gasteiger partial charge in [0.25, 0.3) is 0 Å². The highest BCUT2D eigenvalue weighted by atomic mass is 32.2.